The molecule has 0 aliphatic carbocycles. The second-order valence-corrected chi connectivity index (χ2v) is 10.8. The third-order valence-corrected chi connectivity index (χ3v) is 7.43. The van der Waals surface area contributed by atoms with Crippen molar-refractivity contribution in [1.29, 1.82) is 0 Å². The molecule has 4 rings (SSSR count). The van der Waals surface area contributed by atoms with Gasteiger partial charge in [0.15, 0.2) is 0 Å². The lowest BCUT2D eigenvalue weighted by molar-refractivity contribution is -0.146. The number of carbonyl (C=O) groups excluding carboxylic acids is 1. The van der Waals surface area contributed by atoms with Crippen molar-refractivity contribution in [1.82, 2.24) is 5.09 Å². The summed E-state index contributed by atoms with van der Waals surface area (Å²) in [5, 5.41) is 3.73. The maximum Gasteiger partial charge on any atom is 0.513 e. The number of carbonyl (C=O) groups is 1. The largest absolute Gasteiger partial charge is 0.513 e. The van der Waals surface area contributed by atoms with Gasteiger partial charge in [0.25, 0.3) is 0 Å². The van der Waals surface area contributed by atoms with Crippen molar-refractivity contribution in [2.45, 2.75) is 25.7 Å². The van der Waals surface area contributed by atoms with Crippen LogP contribution in [-0.4, -0.2) is 12.0 Å². The number of halogens is 4. The predicted molar refractivity (Wildman–Crippen MR) is 141 cm³/mol. The molecular formula is C27H22BrF3NO5P. The van der Waals surface area contributed by atoms with E-state index in [1.807, 2.05) is 6.07 Å². The van der Waals surface area contributed by atoms with Crippen LogP contribution in [0, 0.1) is 0 Å². The molecule has 0 spiro atoms. The van der Waals surface area contributed by atoms with Crippen molar-refractivity contribution in [2.75, 3.05) is 0 Å². The van der Waals surface area contributed by atoms with Gasteiger partial charge in [0.1, 0.15) is 24.1 Å². The SMILES string of the molecule is C[C@H](NP(=O)(Oc1ccc(Br)cc1C(F)(F)F)Oc1cccc2ccccc12)C(=O)OCc1ccccc1. The Morgan fingerprint density at radius 1 is 0.921 bits per heavy atom. The third-order valence-electron chi connectivity index (χ3n) is 5.36. The Labute approximate surface area is 225 Å². The fourth-order valence-electron chi connectivity index (χ4n) is 3.55. The molecule has 1 unspecified atom stereocenters. The summed E-state index contributed by atoms with van der Waals surface area (Å²) in [7, 11) is -4.65. The average Bonchev–Trinajstić information content (AvgIpc) is 2.88. The molecule has 0 radical (unpaired) electrons. The Hall–Kier alpha value is -3.33. The summed E-state index contributed by atoms with van der Waals surface area (Å²) in [5.41, 5.74) is -0.445. The normalized spacial score (nSPS) is 13.9. The number of benzene rings is 4. The van der Waals surface area contributed by atoms with Crippen molar-refractivity contribution in [3.8, 4) is 11.5 Å². The topological polar surface area (TPSA) is 73.9 Å². The van der Waals surface area contributed by atoms with Crippen LogP contribution in [0.15, 0.2) is 95.5 Å². The molecule has 4 aromatic carbocycles. The first-order valence-corrected chi connectivity index (χ1v) is 13.7. The quantitative estimate of drug-likeness (QED) is 0.154. The molecule has 0 aromatic heterocycles. The van der Waals surface area contributed by atoms with E-state index in [1.54, 1.807) is 60.7 Å². The molecule has 0 amide bonds. The van der Waals surface area contributed by atoms with Crippen molar-refractivity contribution in [3.63, 3.8) is 0 Å². The zero-order chi connectivity index (χ0) is 27.3. The highest BCUT2D eigenvalue weighted by Gasteiger charge is 2.40. The van der Waals surface area contributed by atoms with Gasteiger partial charge in [-0.15, -0.1) is 0 Å². The molecule has 0 aliphatic rings. The molecule has 0 fully saturated rings. The molecule has 38 heavy (non-hydrogen) atoms. The lowest BCUT2D eigenvalue weighted by Gasteiger charge is -2.25. The molecule has 1 N–H and O–H groups in total. The molecule has 0 aliphatic heterocycles. The lowest BCUT2D eigenvalue weighted by atomic mass is 10.1. The Bertz CT molecular complexity index is 1480. The number of rotatable bonds is 9. The first-order chi connectivity index (χ1) is 18.0. The highest BCUT2D eigenvalue weighted by atomic mass is 79.9. The Kier molecular flexibility index (Phi) is 8.45. The van der Waals surface area contributed by atoms with Gasteiger partial charge in [-0.2, -0.15) is 18.3 Å². The van der Waals surface area contributed by atoms with E-state index in [2.05, 4.69) is 21.0 Å². The summed E-state index contributed by atoms with van der Waals surface area (Å²) in [5.74, 6) is -1.44. The van der Waals surface area contributed by atoms with Gasteiger partial charge in [-0.1, -0.05) is 82.7 Å². The van der Waals surface area contributed by atoms with Gasteiger partial charge >= 0.3 is 19.9 Å². The van der Waals surface area contributed by atoms with Crippen LogP contribution in [0.25, 0.3) is 10.8 Å². The number of hydrogen-bond donors (Lipinski definition) is 1. The van der Waals surface area contributed by atoms with Crippen molar-refractivity contribution < 1.29 is 36.3 Å². The second kappa shape index (κ2) is 11.6. The third kappa shape index (κ3) is 6.95. The molecular weight excluding hydrogens is 586 g/mol. The smallest absolute Gasteiger partial charge is 0.460 e. The average molecular weight is 608 g/mol. The zero-order valence-electron chi connectivity index (χ0n) is 19.9. The van der Waals surface area contributed by atoms with Gasteiger partial charge in [-0.05, 0) is 42.1 Å². The number of esters is 1. The van der Waals surface area contributed by atoms with E-state index in [0.717, 1.165) is 23.1 Å². The van der Waals surface area contributed by atoms with Crippen molar-refractivity contribution >= 4 is 40.4 Å². The van der Waals surface area contributed by atoms with Crippen LogP contribution in [0.3, 0.4) is 0 Å². The number of fused-ring (bicyclic) bond motifs is 1. The van der Waals surface area contributed by atoms with Gasteiger partial charge in [0.2, 0.25) is 0 Å². The monoisotopic (exact) mass is 607 g/mol. The van der Waals surface area contributed by atoms with Crippen molar-refractivity contribution in [3.05, 3.63) is 107 Å². The zero-order valence-corrected chi connectivity index (χ0v) is 22.4. The van der Waals surface area contributed by atoms with Gasteiger partial charge in [0.05, 0.1) is 5.56 Å². The Morgan fingerprint density at radius 3 is 2.32 bits per heavy atom. The molecule has 0 saturated heterocycles. The molecule has 198 valence electrons. The minimum absolute atomic E-state index is 0.0496. The highest BCUT2D eigenvalue weighted by molar-refractivity contribution is 9.10. The van der Waals surface area contributed by atoms with E-state index in [9.17, 15) is 22.5 Å². The van der Waals surface area contributed by atoms with E-state index in [4.69, 9.17) is 13.8 Å². The van der Waals surface area contributed by atoms with Crippen LogP contribution in [-0.2, 0) is 26.9 Å². The molecule has 0 heterocycles. The first kappa shape index (κ1) is 27.7. The van der Waals surface area contributed by atoms with E-state index in [1.165, 1.54) is 19.1 Å². The van der Waals surface area contributed by atoms with E-state index in [-0.39, 0.29) is 16.8 Å². The highest BCUT2D eigenvalue weighted by Crippen LogP contribution is 2.50. The number of alkyl halides is 3. The molecule has 6 nitrogen and oxygen atoms in total. The second-order valence-electron chi connectivity index (χ2n) is 8.24. The number of hydrogen-bond acceptors (Lipinski definition) is 5. The summed E-state index contributed by atoms with van der Waals surface area (Å²) < 4.78 is 71.9. The molecule has 0 bridgehead atoms. The van der Waals surface area contributed by atoms with Crippen LogP contribution in [0.4, 0.5) is 13.2 Å². The summed E-state index contributed by atoms with van der Waals surface area (Å²) in [4.78, 5) is 12.7. The number of nitrogens with one attached hydrogen (secondary N) is 1. The maximum absolute atomic E-state index is 14.0. The van der Waals surface area contributed by atoms with Crippen LogP contribution >= 0.6 is 23.7 Å². The van der Waals surface area contributed by atoms with E-state index in [0.29, 0.717) is 5.39 Å². The van der Waals surface area contributed by atoms with Crippen LogP contribution in [0.2, 0.25) is 0 Å². The van der Waals surface area contributed by atoms with Gasteiger partial charge < -0.3 is 13.8 Å². The summed E-state index contributed by atoms with van der Waals surface area (Å²) >= 11 is 3.01. The summed E-state index contributed by atoms with van der Waals surface area (Å²) in [6, 6.07) is 22.7. The molecule has 11 heteroatoms. The van der Waals surface area contributed by atoms with Gasteiger partial charge in [-0.3, -0.25) is 4.79 Å². The minimum atomic E-state index is -4.82. The predicted octanol–water partition coefficient (Wildman–Crippen LogP) is 7.91. The van der Waals surface area contributed by atoms with Gasteiger partial charge in [0, 0.05) is 9.86 Å². The Morgan fingerprint density at radius 2 is 1.58 bits per heavy atom. The molecule has 2 atom stereocenters. The number of ether oxygens (including phenoxy) is 1. The van der Waals surface area contributed by atoms with E-state index >= 15 is 0 Å². The van der Waals surface area contributed by atoms with Crippen molar-refractivity contribution in [2.24, 2.45) is 0 Å². The fraction of sp³-hybridized carbons (Fsp3) is 0.148. The Balaban J connectivity index is 1.65. The van der Waals surface area contributed by atoms with Crippen LogP contribution in [0.1, 0.15) is 18.1 Å². The molecule has 4 aromatic rings. The molecule has 0 saturated carbocycles. The fourth-order valence-corrected chi connectivity index (χ4v) is 5.47. The summed E-state index contributed by atoms with van der Waals surface area (Å²) in [6.07, 6.45) is -4.82. The standard InChI is InChI=1S/C27H22BrF3NO5P/c1-18(26(33)35-17-19-8-3-2-4-9-19)32-38(34,36-24-13-7-11-20-10-5-6-12-22(20)24)37-25-15-14-21(28)16-23(25)27(29,30)31/h2-16,18H,17H2,1H3,(H,32,34)/t18-,38?/m0/s1. The summed E-state index contributed by atoms with van der Waals surface area (Å²) in [6.45, 7) is 1.30. The lowest BCUT2D eigenvalue weighted by Crippen LogP contribution is -2.36. The first-order valence-electron chi connectivity index (χ1n) is 11.4. The van der Waals surface area contributed by atoms with Crippen LogP contribution in [0.5, 0.6) is 11.5 Å². The van der Waals surface area contributed by atoms with Gasteiger partial charge in [-0.25, -0.2) is 4.57 Å². The van der Waals surface area contributed by atoms with E-state index < -0.39 is 37.2 Å². The van der Waals surface area contributed by atoms with Crippen LogP contribution < -0.4 is 14.1 Å². The maximum atomic E-state index is 14.0. The minimum Gasteiger partial charge on any atom is -0.460 e.